The summed E-state index contributed by atoms with van der Waals surface area (Å²) in [7, 11) is 0. The summed E-state index contributed by atoms with van der Waals surface area (Å²) < 4.78 is 0. The Morgan fingerprint density at radius 1 is 1.14 bits per heavy atom. The van der Waals surface area contributed by atoms with Crippen molar-refractivity contribution in [2.75, 3.05) is 0 Å². The standard InChI is InChI=1S/C17H20N2O2S/c1-3-12(2)19-16(20)14-8-6-13(7-9-14)11-18-17(21)15-5-4-10-22-15/h4-10,12H,3,11H2,1-2H3,(H,18,21)(H,19,20)/t12-/m0/s1. The van der Waals surface area contributed by atoms with Gasteiger partial charge in [-0.2, -0.15) is 0 Å². The molecule has 0 saturated heterocycles. The zero-order valence-corrected chi connectivity index (χ0v) is 13.6. The fraction of sp³-hybridized carbons (Fsp3) is 0.294. The van der Waals surface area contributed by atoms with Gasteiger partial charge in [-0.3, -0.25) is 9.59 Å². The molecule has 4 nitrogen and oxygen atoms in total. The van der Waals surface area contributed by atoms with Crippen LogP contribution in [0.3, 0.4) is 0 Å². The Labute approximate surface area is 134 Å². The van der Waals surface area contributed by atoms with E-state index in [4.69, 9.17) is 0 Å². The number of carbonyl (C=O) groups is 2. The number of hydrogen-bond donors (Lipinski definition) is 2. The molecule has 0 bridgehead atoms. The monoisotopic (exact) mass is 316 g/mol. The summed E-state index contributed by atoms with van der Waals surface area (Å²) in [6.07, 6.45) is 0.901. The van der Waals surface area contributed by atoms with Gasteiger partial charge in [0.05, 0.1) is 4.88 Å². The van der Waals surface area contributed by atoms with Crippen LogP contribution in [0.4, 0.5) is 0 Å². The zero-order chi connectivity index (χ0) is 15.9. The van der Waals surface area contributed by atoms with E-state index >= 15 is 0 Å². The highest BCUT2D eigenvalue weighted by molar-refractivity contribution is 7.12. The van der Waals surface area contributed by atoms with Crippen molar-refractivity contribution in [1.29, 1.82) is 0 Å². The van der Waals surface area contributed by atoms with E-state index in [1.165, 1.54) is 11.3 Å². The van der Waals surface area contributed by atoms with Gasteiger partial charge in [0.1, 0.15) is 0 Å². The molecule has 0 fully saturated rings. The quantitative estimate of drug-likeness (QED) is 0.860. The second-order valence-corrected chi connectivity index (χ2v) is 6.09. The van der Waals surface area contributed by atoms with Gasteiger partial charge in [-0.25, -0.2) is 0 Å². The van der Waals surface area contributed by atoms with Crippen LogP contribution >= 0.6 is 11.3 Å². The van der Waals surface area contributed by atoms with Crippen LogP contribution in [0.25, 0.3) is 0 Å². The third kappa shape index (κ3) is 4.43. The number of benzene rings is 1. The Morgan fingerprint density at radius 3 is 2.45 bits per heavy atom. The second-order valence-electron chi connectivity index (χ2n) is 5.14. The van der Waals surface area contributed by atoms with Gasteiger partial charge in [-0.05, 0) is 42.5 Å². The third-order valence-corrected chi connectivity index (χ3v) is 4.27. The topological polar surface area (TPSA) is 58.2 Å². The van der Waals surface area contributed by atoms with Crippen molar-refractivity contribution in [2.24, 2.45) is 0 Å². The lowest BCUT2D eigenvalue weighted by Crippen LogP contribution is -2.31. The highest BCUT2D eigenvalue weighted by Crippen LogP contribution is 2.09. The molecule has 5 heteroatoms. The van der Waals surface area contributed by atoms with Crippen LogP contribution in [0.15, 0.2) is 41.8 Å². The van der Waals surface area contributed by atoms with Gasteiger partial charge < -0.3 is 10.6 Å². The van der Waals surface area contributed by atoms with E-state index < -0.39 is 0 Å². The summed E-state index contributed by atoms with van der Waals surface area (Å²) in [5.74, 6) is -0.142. The van der Waals surface area contributed by atoms with Crippen LogP contribution in [0.2, 0.25) is 0 Å². The molecule has 2 N–H and O–H groups in total. The van der Waals surface area contributed by atoms with Crippen molar-refractivity contribution in [2.45, 2.75) is 32.9 Å². The molecule has 1 aromatic heterocycles. The first-order chi connectivity index (χ1) is 10.6. The maximum absolute atomic E-state index is 12.0. The molecule has 22 heavy (non-hydrogen) atoms. The van der Waals surface area contributed by atoms with Crippen LogP contribution < -0.4 is 10.6 Å². The molecule has 1 heterocycles. The average Bonchev–Trinajstić information content (AvgIpc) is 3.07. The minimum absolute atomic E-state index is 0.0662. The van der Waals surface area contributed by atoms with E-state index in [-0.39, 0.29) is 17.9 Å². The highest BCUT2D eigenvalue weighted by atomic mass is 32.1. The molecule has 1 atom stereocenters. The summed E-state index contributed by atoms with van der Waals surface area (Å²) in [5, 5.41) is 7.66. The number of hydrogen-bond acceptors (Lipinski definition) is 3. The Kier molecular flexibility index (Phi) is 5.72. The van der Waals surface area contributed by atoms with Crippen molar-refractivity contribution in [3.8, 4) is 0 Å². The predicted molar refractivity (Wildman–Crippen MR) is 89.2 cm³/mol. The van der Waals surface area contributed by atoms with Crippen LogP contribution in [-0.4, -0.2) is 17.9 Å². The summed E-state index contributed by atoms with van der Waals surface area (Å²) in [6, 6.07) is 11.1. The lowest BCUT2D eigenvalue weighted by Gasteiger charge is -2.11. The maximum atomic E-state index is 12.0. The molecule has 0 aliphatic heterocycles. The van der Waals surface area contributed by atoms with Crippen LogP contribution in [0.5, 0.6) is 0 Å². The van der Waals surface area contributed by atoms with Gasteiger partial charge in [0.15, 0.2) is 0 Å². The Morgan fingerprint density at radius 2 is 1.86 bits per heavy atom. The van der Waals surface area contributed by atoms with Crippen LogP contribution in [0, 0.1) is 0 Å². The largest absolute Gasteiger partial charge is 0.350 e. The van der Waals surface area contributed by atoms with Crippen molar-refractivity contribution < 1.29 is 9.59 Å². The van der Waals surface area contributed by atoms with E-state index in [0.717, 1.165) is 12.0 Å². The van der Waals surface area contributed by atoms with Gasteiger partial charge in [-0.15, -0.1) is 11.3 Å². The average molecular weight is 316 g/mol. The molecule has 2 amide bonds. The number of carbonyl (C=O) groups excluding carboxylic acids is 2. The van der Waals surface area contributed by atoms with Crippen LogP contribution in [-0.2, 0) is 6.54 Å². The first kappa shape index (κ1) is 16.2. The summed E-state index contributed by atoms with van der Waals surface area (Å²) >= 11 is 1.42. The van der Waals surface area contributed by atoms with Gasteiger partial charge in [0, 0.05) is 18.2 Å². The molecule has 0 unspecified atom stereocenters. The van der Waals surface area contributed by atoms with Gasteiger partial charge >= 0.3 is 0 Å². The molecule has 0 aliphatic rings. The number of amides is 2. The fourth-order valence-electron chi connectivity index (χ4n) is 1.86. The van der Waals surface area contributed by atoms with E-state index in [9.17, 15) is 9.59 Å². The molecular weight excluding hydrogens is 296 g/mol. The number of rotatable bonds is 6. The molecule has 2 rings (SSSR count). The van der Waals surface area contributed by atoms with Gasteiger partial charge in [0.25, 0.3) is 11.8 Å². The molecule has 0 aliphatic carbocycles. The second kappa shape index (κ2) is 7.75. The first-order valence-corrected chi connectivity index (χ1v) is 8.19. The fourth-order valence-corrected chi connectivity index (χ4v) is 2.50. The summed E-state index contributed by atoms with van der Waals surface area (Å²) in [4.78, 5) is 24.5. The molecule has 0 saturated carbocycles. The van der Waals surface area contributed by atoms with Crippen molar-refractivity contribution >= 4 is 23.2 Å². The SMILES string of the molecule is CC[C@H](C)NC(=O)c1ccc(CNC(=O)c2cccs2)cc1. The van der Waals surface area contributed by atoms with Gasteiger partial charge in [0.2, 0.25) is 0 Å². The molecule has 0 spiro atoms. The zero-order valence-electron chi connectivity index (χ0n) is 12.8. The van der Waals surface area contributed by atoms with Crippen LogP contribution in [0.1, 0.15) is 45.9 Å². The first-order valence-electron chi connectivity index (χ1n) is 7.31. The van der Waals surface area contributed by atoms with Crippen molar-refractivity contribution in [1.82, 2.24) is 10.6 Å². The lowest BCUT2D eigenvalue weighted by molar-refractivity contribution is 0.0935. The predicted octanol–water partition coefficient (Wildman–Crippen LogP) is 3.21. The minimum Gasteiger partial charge on any atom is -0.350 e. The van der Waals surface area contributed by atoms with Gasteiger partial charge in [-0.1, -0.05) is 25.1 Å². The lowest BCUT2D eigenvalue weighted by atomic mass is 10.1. The number of thiophene rings is 1. The van der Waals surface area contributed by atoms with Crippen molar-refractivity contribution in [3.05, 3.63) is 57.8 Å². The molecular formula is C17H20N2O2S. The minimum atomic E-state index is -0.0754. The van der Waals surface area contributed by atoms with E-state index in [2.05, 4.69) is 10.6 Å². The van der Waals surface area contributed by atoms with Crippen molar-refractivity contribution in [3.63, 3.8) is 0 Å². The van der Waals surface area contributed by atoms with E-state index in [0.29, 0.717) is 17.0 Å². The third-order valence-electron chi connectivity index (χ3n) is 3.40. The maximum Gasteiger partial charge on any atom is 0.261 e. The molecule has 2 aromatic rings. The van der Waals surface area contributed by atoms with E-state index in [1.807, 2.05) is 37.4 Å². The highest BCUT2D eigenvalue weighted by Gasteiger charge is 2.09. The summed E-state index contributed by atoms with van der Waals surface area (Å²) in [5.41, 5.74) is 1.60. The Bertz CT molecular complexity index is 621. The molecule has 1 aromatic carbocycles. The van der Waals surface area contributed by atoms with E-state index in [1.54, 1.807) is 18.2 Å². The molecule has 116 valence electrons. The molecule has 0 radical (unpaired) electrons. The Balaban J connectivity index is 1.89. The Hall–Kier alpha value is -2.14. The summed E-state index contributed by atoms with van der Waals surface area (Å²) in [6.45, 7) is 4.46. The number of nitrogens with one attached hydrogen (secondary N) is 2. The normalized spacial score (nSPS) is 11.7. The smallest absolute Gasteiger partial charge is 0.261 e.